The van der Waals surface area contributed by atoms with E-state index in [2.05, 4.69) is 11.8 Å². The van der Waals surface area contributed by atoms with E-state index in [-0.39, 0.29) is 35.4 Å². The lowest BCUT2D eigenvalue weighted by atomic mass is 9.86. The number of rotatable bonds is 13. The van der Waals surface area contributed by atoms with Crippen LogP contribution in [-0.2, 0) is 19.3 Å². The van der Waals surface area contributed by atoms with Gasteiger partial charge in [-0.2, -0.15) is 11.8 Å². The van der Waals surface area contributed by atoms with Crippen LogP contribution in [0.15, 0.2) is 30.3 Å². The number of thioether (sulfide) groups is 1. The van der Waals surface area contributed by atoms with E-state index in [9.17, 15) is 20.4 Å². The fraction of sp³-hybridized carbons (Fsp3) is 0.556. The summed E-state index contributed by atoms with van der Waals surface area (Å²) in [5, 5.41) is 38.8. The molecular weight excluding hydrogens is 470 g/mol. The van der Waals surface area contributed by atoms with Gasteiger partial charge in [0.2, 0.25) is 0 Å². The Bertz CT molecular complexity index is 895. The first-order chi connectivity index (χ1) is 16.0. The van der Waals surface area contributed by atoms with Crippen molar-refractivity contribution in [2.24, 2.45) is 0 Å². The first-order valence-corrected chi connectivity index (χ1v) is 13.5. The molecule has 0 aromatic heterocycles. The van der Waals surface area contributed by atoms with E-state index in [1.54, 1.807) is 18.2 Å². The minimum absolute atomic E-state index is 0. The third-order valence-corrected chi connectivity index (χ3v) is 7.70. The Kier molecular flexibility index (Phi) is 12.2. The van der Waals surface area contributed by atoms with E-state index in [0.717, 1.165) is 62.1 Å². The number of unbranched alkanes of at least 4 members (excludes halogenated alkanes) is 3. The van der Waals surface area contributed by atoms with Crippen molar-refractivity contribution in [3.63, 3.8) is 0 Å². The Balaban J connectivity index is 0.00000408. The number of phenols is 4. The molecule has 4 N–H and O–H groups in total. The highest BCUT2D eigenvalue weighted by atomic mass is 35.5. The molecule has 1 aliphatic carbocycles. The molecule has 3 rings (SSSR count). The number of fused-ring (bicyclic) bond motifs is 1. The topological polar surface area (TPSA) is 84.2 Å². The summed E-state index contributed by atoms with van der Waals surface area (Å²) in [7, 11) is 0. The van der Waals surface area contributed by atoms with Gasteiger partial charge in [-0.05, 0) is 98.9 Å². The zero-order valence-corrected chi connectivity index (χ0v) is 21.8. The third-order valence-electron chi connectivity index (χ3n) is 6.63. The molecule has 5 nitrogen and oxygen atoms in total. The number of hydrogen-bond acceptors (Lipinski definition) is 6. The largest absolute Gasteiger partial charge is 0.504 e. The molecule has 0 aliphatic heterocycles. The molecule has 1 unspecified atom stereocenters. The van der Waals surface area contributed by atoms with Crippen LogP contribution in [0, 0.1) is 0 Å². The summed E-state index contributed by atoms with van der Waals surface area (Å²) < 4.78 is 0. The second kappa shape index (κ2) is 14.6. The second-order valence-corrected chi connectivity index (χ2v) is 10.3. The van der Waals surface area contributed by atoms with Crippen molar-refractivity contribution >= 4 is 24.2 Å². The third kappa shape index (κ3) is 8.17. The average molecular weight is 510 g/mol. The van der Waals surface area contributed by atoms with E-state index in [0.29, 0.717) is 6.04 Å². The van der Waals surface area contributed by atoms with Crippen molar-refractivity contribution in [1.29, 1.82) is 0 Å². The molecule has 34 heavy (non-hydrogen) atoms. The maximum Gasteiger partial charge on any atom is 0.160 e. The minimum atomic E-state index is -0.0585. The van der Waals surface area contributed by atoms with Gasteiger partial charge in [0.1, 0.15) is 0 Å². The molecule has 0 heterocycles. The van der Waals surface area contributed by atoms with E-state index >= 15 is 0 Å². The summed E-state index contributed by atoms with van der Waals surface area (Å²) >= 11 is 1.96. The van der Waals surface area contributed by atoms with Crippen molar-refractivity contribution in [2.45, 2.75) is 70.8 Å². The van der Waals surface area contributed by atoms with E-state index in [4.69, 9.17) is 0 Å². The molecule has 1 atom stereocenters. The van der Waals surface area contributed by atoms with Crippen LogP contribution in [-0.4, -0.2) is 56.0 Å². The quantitative estimate of drug-likeness (QED) is 0.195. The fourth-order valence-electron chi connectivity index (χ4n) is 4.77. The van der Waals surface area contributed by atoms with Crippen molar-refractivity contribution in [3.8, 4) is 23.0 Å². The molecule has 2 aromatic carbocycles. The highest BCUT2D eigenvalue weighted by Crippen LogP contribution is 2.36. The number of aryl methyl sites for hydroxylation is 1. The number of hydrogen-bond donors (Lipinski definition) is 4. The van der Waals surface area contributed by atoms with Crippen molar-refractivity contribution in [3.05, 3.63) is 47.0 Å². The van der Waals surface area contributed by atoms with Crippen LogP contribution in [0.2, 0.25) is 0 Å². The normalized spacial score (nSPS) is 15.2. The van der Waals surface area contributed by atoms with E-state index < -0.39 is 0 Å². The summed E-state index contributed by atoms with van der Waals surface area (Å²) in [5.41, 5.74) is 3.18. The molecule has 0 saturated carbocycles. The van der Waals surface area contributed by atoms with Gasteiger partial charge in [-0.3, -0.25) is 0 Å². The molecule has 0 fully saturated rings. The Morgan fingerprint density at radius 3 is 2.41 bits per heavy atom. The molecule has 0 spiro atoms. The number of halogens is 1. The Labute approximate surface area is 214 Å². The summed E-state index contributed by atoms with van der Waals surface area (Å²) in [5.74, 6) is 2.17. The number of benzene rings is 2. The van der Waals surface area contributed by atoms with Gasteiger partial charge in [0.05, 0.1) is 0 Å². The zero-order chi connectivity index (χ0) is 23.6. The highest BCUT2D eigenvalue weighted by Gasteiger charge is 2.26. The van der Waals surface area contributed by atoms with Gasteiger partial charge in [-0.15, -0.1) is 12.4 Å². The highest BCUT2D eigenvalue weighted by molar-refractivity contribution is 7.99. The van der Waals surface area contributed by atoms with E-state index in [1.165, 1.54) is 37.0 Å². The van der Waals surface area contributed by atoms with Crippen LogP contribution in [0.25, 0.3) is 0 Å². The van der Waals surface area contributed by atoms with E-state index in [1.807, 2.05) is 23.9 Å². The summed E-state index contributed by atoms with van der Waals surface area (Å²) in [6.45, 7) is 4.49. The molecule has 0 bridgehead atoms. The maximum atomic E-state index is 10.1. The van der Waals surface area contributed by atoms with Gasteiger partial charge in [0.15, 0.2) is 23.0 Å². The second-order valence-electron chi connectivity index (χ2n) is 9.10. The summed E-state index contributed by atoms with van der Waals surface area (Å²) in [6, 6.07) is 9.19. The summed E-state index contributed by atoms with van der Waals surface area (Å²) in [4.78, 5) is 2.63. The van der Waals surface area contributed by atoms with Gasteiger partial charge in [0, 0.05) is 11.6 Å². The van der Waals surface area contributed by atoms with Gasteiger partial charge in [-0.1, -0.05) is 31.9 Å². The first-order valence-electron chi connectivity index (χ1n) is 12.3. The number of phenolic OH excluding ortho intramolecular Hbond substituents is 4. The van der Waals surface area contributed by atoms with Crippen molar-refractivity contribution < 1.29 is 20.4 Å². The van der Waals surface area contributed by atoms with Crippen LogP contribution in [0.1, 0.15) is 62.1 Å². The Hall–Kier alpha value is -1.76. The lowest BCUT2D eigenvalue weighted by molar-refractivity contribution is 0.175. The van der Waals surface area contributed by atoms with Gasteiger partial charge in [-0.25, -0.2) is 0 Å². The molecular formula is C27H40ClNO4S. The lowest BCUT2D eigenvalue weighted by Gasteiger charge is -2.35. The molecule has 7 heteroatoms. The Morgan fingerprint density at radius 2 is 1.65 bits per heavy atom. The van der Waals surface area contributed by atoms with Crippen LogP contribution in [0.4, 0.5) is 0 Å². The molecule has 190 valence electrons. The predicted octanol–water partition coefficient (Wildman–Crippen LogP) is 6.04. The molecule has 1 aliphatic rings. The van der Waals surface area contributed by atoms with Crippen LogP contribution >= 0.6 is 24.2 Å². The SMILES string of the molecule is CCCN(CCCCCCSCCc1ccc(O)c(O)c1)C1CCc2c(ccc(O)c2O)C1.Cl. The van der Waals surface area contributed by atoms with Crippen molar-refractivity contribution in [2.75, 3.05) is 24.6 Å². The minimum Gasteiger partial charge on any atom is -0.504 e. The van der Waals surface area contributed by atoms with Crippen LogP contribution < -0.4 is 0 Å². The van der Waals surface area contributed by atoms with Crippen LogP contribution in [0.3, 0.4) is 0 Å². The summed E-state index contributed by atoms with van der Waals surface area (Å²) in [6.07, 6.45) is 9.87. The van der Waals surface area contributed by atoms with Crippen molar-refractivity contribution in [1.82, 2.24) is 4.90 Å². The van der Waals surface area contributed by atoms with Gasteiger partial charge >= 0.3 is 0 Å². The molecule has 0 radical (unpaired) electrons. The Morgan fingerprint density at radius 1 is 0.882 bits per heavy atom. The van der Waals surface area contributed by atoms with Gasteiger partial charge in [0.25, 0.3) is 0 Å². The average Bonchev–Trinajstić information content (AvgIpc) is 2.81. The number of nitrogens with zero attached hydrogens (tertiary/aromatic N) is 1. The standard InChI is InChI=1S/C27H39NO4S.ClH/c1-2-14-28(22-9-10-23-21(19-22)8-12-25(30)27(23)32)15-5-3-4-6-16-33-17-13-20-7-11-24(29)26(31)18-20;/h7-8,11-12,18,22,29-32H,2-6,9-10,13-17,19H2,1H3;1H. The van der Waals surface area contributed by atoms with Crippen LogP contribution in [0.5, 0.6) is 23.0 Å². The smallest absolute Gasteiger partial charge is 0.160 e. The monoisotopic (exact) mass is 509 g/mol. The zero-order valence-electron chi connectivity index (χ0n) is 20.2. The number of aromatic hydroxyl groups is 4. The maximum absolute atomic E-state index is 10.1. The molecule has 2 aromatic rings. The molecule has 0 saturated heterocycles. The predicted molar refractivity (Wildman–Crippen MR) is 144 cm³/mol. The lowest BCUT2D eigenvalue weighted by Crippen LogP contribution is -2.40. The van der Waals surface area contributed by atoms with Gasteiger partial charge < -0.3 is 25.3 Å². The molecule has 0 amide bonds. The fourth-order valence-corrected chi connectivity index (χ4v) is 5.76. The first kappa shape index (κ1) is 28.5.